The van der Waals surface area contributed by atoms with Gasteiger partial charge in [0.05, 0.1) is 7.11 Å². The van der Waals surface area contributed by atoms with E-state index in [9.17, 15) is 5.21 Å². The largest absolute Gasteiger partial charge is 0.481 e. The van der Waals surface area contributed by atoms with Crippen molar-refractivity contribution in [3.05, 3.63) is 11.6 Å². The number of rotatable bonds is 9. The van der Waals surface area contributed by atoms with Crippen LogP contribution >= 0.6 is 0 Å². The molecule has 0 aliphatic rings. The van der Waals surface area contributed by atoms with Crippen LogP contribution in [0, 0.1) is 0 Å². The minimum absolute atomic E-state index is 0.0253. The minimum atomic E-state index is -0.0253. The first-order chi connectivity index (χ1) is 9.69. The summed E-state index contributed by atoms with van der Waals surface area (Å²) in [6, 6.07) is 1.57. The summed E-state index contributed by atoms with van der Waals surface area (Å²) in [5, 5.41) is 9.70. The lowest BCUT2D eigenvalue weighted by molar-refractivity contribution is 0.173. The zero-order valence-electron chi connectivity index (χ0n) is 12.5. The van der Waals surface area contributed by atoms with E-state index in [0.29, 0.717) is 17.9 Å². The van der Waals surface area contributed by atoms with Gasteiger partial charge < -0.3 is 15.7 Å². The van der Waals surface area contributed by atoms with Crippen molar-refractivity contribution in [2.75, 3.05) is 19.4 Å². The second-order valence-electron chi connectivity index (χ2n) is 4.83. The zero-order valence-corrected chi connectivity index (χ0v) is 12.5. The van der Waals surface area contributed by atoms with Crippen LogP contribution in [0.5, 0.6) is 5.88 Å². The van der Waals surface area contributed by atoms with Crippen molar-refractivity contribution < 1.29 is 9.94 Å². The van der Waals surface area contributed by atoms with Gasteiger partial charge in [-0.15, -0.1) is 4.73 Å². The van der Waals surface area contributed by atoms with E-state index in [1.165, 1.54) is 39.2 Å². The van der Waals surface area contributed by atoms with Crippen molar-refractivity contribution in [2.45, 2.75) is 51.9 Å². The molecule has 0 saturated carbocycles. The Morgan fingerprint density at radius 2 is 1.90 bits per heavy atom. The van der Waals surface area contributed by atoms with E-state index in [4.69, 9.17) is 10.5 Å². The van der Waals surface area contributed by atoms with Gasteiger partial charge >= 0.3 is 0 Å². The highest BCUT2D eigenvalue weighted by molar-refractivity contribution is 5.21. The maximum absolute atomic E-state index is 9.70. The van der Waals surface area contributed by atoms with Crippen LogP contribution in [0.4, 0.5) is 5.95 Å². The van der Waals surface area contributed by atoms with Crippen LogP contribution in [0.15, 0.2) is 11.1 Å². The summed E-state index contributed by atoms with van der Waals surface area (Å²) in [6.07, 6.45) is 8.64. The predicted octanol–water partition coefficient (Wildman–Crippen LogP) is 2.36. The van der Waals surface area contributed by atoms with Crippen molar-refractivity contribution in [3.63, 3.8) is 0 Å². The van der Waals surface area contributed by atoms with Gasteiger partial charge in [-0.3, -0.25) is 4.99 Å². The number of methoxy groups -OCH3 is 1. The van der Waals surface area contributed by atoms with E-state index < -0.39 is 0 Å². The molecule has 0 saturated heterocycles. The van der Waals surface area contributed by atoms with E-state index in [-0.39, 0.29) is 5.95 Å². The quantitative estimate of drug-likeness (QED) is 0.538. The number of hydrogen-bond donors (Lipinski definition) is 2. The fourth-order valence-corrected chi connectivity index (χ4v) is 1.96. The summed E-state index contributed by atoms with van der Waals surface area (Å²) < 4.78 is 5.78. The number of nitrogen functional groups attached to an aromatic ring is 1. The fourth-order valence-electron chi connectivity index (χ4n) is 1.96. The van der Waals surface area contributed by atoms with Gasteiger partial charge in [0.1, 0.15) is 0 Å². The van der Waals surface area contributed by atoms with Gasteiger partial charge in [0.2, 0.25) is 11.8 Å². The molecule has 1 heterocycles. The summed E-state index contributed by atoms with van der Waals surface area (Å²) in [5.74, 6) is 0.328. The summed E-state index contributed by atoms with van der Waals surface area (Å²) in [5.41, 5.74) is 5.93. The first kappa shape index (κ1) is 16.3. The Balaban J connectivity index is 2.40. The van der Waals surface area contributed by atoms with Crippen molar-refractivity contribution in [3.8, 4) is 5.88 Å². The zero-order chi connectivity index (χ0) is 14.8. The smallest absolute Gasteiger partial charge is 0.239 e. The van der Waals surface area contributed by atoms with Gasteiger partial charge in [0.25, 0.3) is 0 Å². The molecule has 0 spiro atoms. The second kappa shape index (κ2) is 9.23. The lowest BCUT2D eigenvalue weighted by Crippen LogP contribution is -2.23. The topological polar surface area (TPSA) is 85.7 Å². The van der Waals surface area contributed by atoms with Crippen LogP contribution in [0.25, 0.3) is 0 Å². The molecule has 0 aliphatic heterocycles. The summed E-state index contributed by atoms with van der Waals surface area (Å²) in [7, 11) is 1.50. The molecule has 0 fully saturated rings. The molecule has 0 bridgehead atoms. The molecule has 3 N–H and O–H groups in total. The van der Waals surface area contributed by atoms with Gasteiger partial charge in [0, 0.05) is 12.6 Å². The molecule has 1 aromatic heterocycles. The van der Waals surface area contributed by atoms with E-state index >= 15 is 0 Å². The second-order valence-corrected chi connectivity index (χ2v) is 4.83. The van der Waals surface area contributed by atoms with Crippen LogP contribution in [0.3, 0.4) is 0 Å². The standard InChI is InChI=1S/C14H26N4O2/c1-3-4-5-6-7-8-9-10-16-12-11-13(20-2)17-14(15)18(12)19/h11,19H,3-10H2,1-2H3,(H2,15,17). The van der Waals surface area contributed by atoms with Gasteiger partial charge in [-0.05, 0) is 6.42 Å². The van der Waals surface area contributed by atoms with Gasteiger partial charge in [-0.1, -0.05) is 45.4 Å². The average Bonchev–Trinajstić information content (AvgIpc) is 2.45. The third-order valence-electron chi connectivity index (χ3n) is 3.16. The summed E-state index contributed by atoms with van der Waals surface area (Å²) >= 11 is 0. The Labute approximate surface area is 120 Å². The van der Waals surface area contributed by atoms with E-state index in [2.05, 4.69) is 16.9 Å². The van der Waals surface area contributed by atoms with Crippen molar-refractivity contribution >= 4 is 5.95 Å². The van der Waals surface area contributed by atoms with Gasteiger partial charge in [-0.2, -0.15) is 4.98 Å². The molecule has 6 heteroatoms. The Morgan fingerprint density at radius 1 is 1.25 bits per heavy atom. The maximum Gasteiger partial charge on any atom is 0.239 e. The maximum atomic E-state index is 9.70. The average molecular weight is 282 g/mol. The molecular weight excluding hydrogens is 256 g/mol. The van der Waals surface area contributed by atoms with Crippen LogP contribution in [0.1, 0.15) is 51.9 Å². The van der Waals surface area contributed by atoms with Crippen LogP contribution in [-0.2, 0) is 0 Å². The molecule has 6 nitrogen and oxygen atoms in total. The molecule has 0 aliphatic carbocycles. The number of unbranched alkanes of at least 4 members (excludes halogenated alkanes) is 6. The normalized spacial score (nSPS) is 11.8. The minimum Gasteiger partial charge on any atom is -0.481 e. The monoisotopic (exact) mass is 282 g/mol. The van der Waals surface area contributed by atoms with Gasteiger partial charge in [-0.25, -0.2) is 0 Å². The summed E-state index contributed by atoms with van der Waals surface area (Å²) in [6.45, 7) is 2.89. The SMILES string of the molecule is CCCCCCCCCN=c1cc(OC)nc(N)n1O. The van der Waals surface area contributed by atoms with Crippen molar-refractivity contribution in [2.24, 2.45) is 4.99 Å². The van der Waals surface area contributed by atoms with E-state index in [1.807, 2.05) is 0 Å². The van der Waals surface area contributed by atoms with Crippen LogP contribution in [0.2, 0.25) is 0 Å². The van der Waals surface area contributed by atoms with E-state index in [1.54, 1.807) is 6.07 Å². The number of anilines is 1. The molecule has 0 atom stereocenters. The number of hydrogen-bond acceptors (Lipinski definition) is 5. The molecular formula is C14H26N4O2. The molecule has 0 aromatic carbocycles. The Hall–Kier alpha value is -1.72. The molecule has 1 rings (SSSR count). The number of nitrogens with two attached hydrogens (primary N) is 1. The van der Waals surface area contributed by atoms with Crippen molar-refractivity contribution in [1.29, 1.82) is 0 Å². The highest BCUT2D eigenvalue weighted by Crippen LogP contribution is 2.07. The van der Waals surface area contributed by atoms with Crippen LogP contribution in [-0.4, -0.2) is 28.6 Å². The molecule has 0 radical (unpaired) electrons. The Kier molecular flexibility index (Phi) is 7.54. The molecule has 0 unspecified atom stereocenters. The molecule has 114 valence electrons. The first-order valence-corrected chi connectivity index (χ1v) is 7.32. The third kappa shape index (κ3) is 5.50. The first-order valence-electron chi connectivity index (χ1n) is 7.32. The predicted molar refractivity (Wildman–Crippen MR) is 78.8 cm³/mol. The van der Waals surface area contributed by atoms with E-state index in [0.717, 1.165) is 17.6 Å². The number of aromatic nitrogens is 2. The highest BCUT2D eigenvalue weighted by Gasteiger charge is 2.02. The molecule has 20 heavy (non-hydrogen) atoms. The van der Waals surface area contributed by atoms with Crippen molar-refractivity contribution in [1.82, 2.24) is 9.71 Å². The summed E-state index contributed by atoms with van der Waals surface area (Å²) in [4.78, 5) is 8.17. The number of nitrogens with zero attached hydrogens (tertiary/aromatic N) is 3. The molecule has 1 aromatic rings. The van der Waals surface area contributed by atoms with Crippen LogP contribution < -0.4 is 16.0 Å². The number of ether oxygens (including phenoxy) is 1. The molecule has 0 amide bonds. The Morgan fingerprint density at radius 3 is 2.55 bits per heavy atom. The highest BCUT2D eigenvalue weighted by atomic mass is 16.5. The van der Waals surface area contributed by atoms with Gasteiger partial charge in [0.15, 0.2) is 5.49 Å². The Bertz CT molecular complexity index is 457. The lowest BCUT2D eigenvalue weighted by atomic mass is 10.1. The fraction of sp³-hybridized carbons (Fsp3) is 0.714. The third-order valence-corrected chi connectivity index (χ3v) is 3.16. The lowest BCUT2D eigenvalue weighted by Gasteiger charge is -2.05.